The fraction of sp³-hybridized carbons (Fsp3) is 0.480. The minimum absolute atomic E-state index is 0.0986. The van der Waals surface area contributed by atoms with Crippen LogP contribution in [0.15, 0.2) is 36.7 Å². The maximum absolute atomic E-state index is 12.8. The van der Waals surface area contributed by atoms with E-state index >= 15 is 0 Å². The van der Waals surface area contributed by atoms with Crippen molar-refractivity contribution in [1.29, 1.82) is 0 Å². The highest BCUT2D eigenvalue weighted by atomic mass is 35.5. The number of hydrogen-bond acceptors (Lipinski definition) is 4. The number of benzene rings is 1. The first-order valence-corrected chi connectivity index (χ1v) is 12.2. The van der Waals surface area contributed by atoms with Crippen molar-refractivity contribution in [3.63, 3.8) is 0 Å². The Morgan fingerprint density at radius 2 is 2.00 bits per heavy atom. The van der Waals surface area contributed by atoms with E-state index in [1.807, 2.05) is 6.07 Å². The Morgan fingerprint density at radius 1 is 1.21 bits per heavy atom. The molecule has 1 aliphatic heterocycles. The minimum atomic E-state index is -0.145. The standard InChI is InChI=1S/C25H29Cl2N3O3/c1-15(2)18-9-19(10-18)24(31)29-12-17-5-7-28-13-23(17)33-20-6-8-30(14-20)25(32)16-3-4-21(26)22(27)11-16/h3-5,7,11,13,15,18-20H,6,8-10,12,14H2,1-2H3,(H,29,31)/t18?,19?,20-/m0/s1. The molecule has 2 aliphatic rings. The summed E-state index contributed by atoms with van der Waals surface area (Å²) in [7, 11) is 0. The van der Waals surface area contributed by atoms with Gasteiger partial charge in [-0.15, -0.1) is 0 Å². The van der Waals surface area contributed by atoms with Crippen LogP contribution < -0.4 is 10.1 Å². The number of halogens is 2. The monoisotopic (exact) mass is 489 g/mol. The first-order chi connectivity index (χ1) is 15.8. The van der Waals surface area contributed by atoms with E-state index < -0.39 is 0 Å². The number of likely N-dealkylation sites (tertiary alicyclic amines) is 1. The summed E-state index contributed by atoms with van der Waals surface area (Å²) in [6.45, 7) is 5.88. The summed E-state index contributed by atoms with van der Waals surface area (Å²) in [4.78, 5) is 31.2. The molecule has 1 aromatic carbocycles. The van der Waals surface area contributed by atoms with E-state index in [-0.39, 0.29) is 23.8 Å². The smallest absolute Gasteiger partial charge is 0.254 e. The zero-order valence-corrected chi connectivity index (χ0v) is 20.4. The largest absolute Gasteiger partial charge is 0.487 e. The Hall–Kier alpha value is -2.31. The second-order valence-electron chi connectivity index (χ2n) is 9.28. The van der Waals surface area contributed by atoms with E-state index in [0.717, 1.165) is 18.4 Å². The normalized spacial score (nSPS) is 22.2. The molecule has 2 fully saturated rings. The van der Waals surface area contributed by atoms with Gasteiger partial charge in [-0.1, -0.05) is 37.0 Å². The van der Waals surface area contributed by atoms with Crippen molar-refractivity contribution in [2.45, 2.75) is 45.8 Å². The Labute approximate surface area is 204 Å². The lowest BCUT2D eigenvalue weighted by Crippen LogP contribution is -2.40. The summed E-state index contributed by atoms with van der Waals surface area (Å²) in [5.74, 6) is 2.04. The molecule has 1 aliphatic carbocycles. The first-order valence-electron chi connectivity index (χ1n) is 11.4. The number of rotatable bonds is 7. The van der Waals surface area contributed by atoms with Crippen LogP contribution in [-0.4, -0.2) is 40.9 Å². The van der Waals surface area contributed by atoms with Gasteiger partial charge in [-0.3, -0.25) is 14.6 Å². The molecule has 1 aromatic heterocycles. The summed E-state index contributed by atoms with van der Waals surface area (Å²) < 4.78 is 6.19. The number of nitrogens with zero attached hydrogens (tertiary/aromatic N) is 2. The summed E-state index contributed by atoms with van der Waals surface area (Å²) in [6.07, 6.45) is 5.87. The summed E-state index contributed by atoms with van der Waals surface area (Å²) >= 11 is 12.0. The second kappa shape index (κ2) is 10.3. The summed E-state index contributed by atoms with van der Waals surface area (Å²) in [5, 5.41) is 3.83. The number of nitrogens with one attached hydrogen (secondary N) is 1. The Balaban J connectivity index is 1.31. The van der Waals surface area contributed by atoms with E-state index in [1.54, 1.807) is 35.5 Å². The van der Waals surface area contributed by atoms with E-state index in [4.69, 9.17) is 27.9 Å². The molecule has 33 heavy (non-hydrogen) atoms. The fourth-order valence-corrected chi connectivity index (χ4v) is 4.71. The number of amides is 2. The van der Waals surface area contributed by atoms with Crippen LogP contribution in [0.3, 0.4) is 0 Å². The van der Waals surface area contributed by atoms with Crippen LogP contribution in [0.1, 0.15) is 49.0 Å². The Morgan fingerprint density at radius 3 is 2.73 bits per heavy atom. The molecule has 2 heterocycles. The molecule has 2 aromatic rings. The molecule has 1 atom stereocenters. The molecule has 0 radical (unpaired) electrons. The van der Waals surface area contributed by atoms with Gasteiger partial charge in [0.05, 0.1) is 22.8 Å². The van der Waals surface area contributed by atoms with E-state index in [0.29, 0.717) is 59.2 Å². The number of ether oxygens (including phenoxy) is 1. The fourth-order valence-electron chi connectivity index (χ4n) is 4.41. The number of carbonyl (C=O) groups excluding carboxylic acids is 2. The number of carbonyl (C=O) groups is 2. The second-order valence-corrected chi connectivity index (χ2v) is 10.1. The van der Waals surface area contributed by atoms with Gasteiger partial charge < -0.3 is 15.0 Å². The molecule has 1 N–H and O–H groups in total. The van der Waals surface area contributed by atoms with Gasteiger partial charge in [0.25, 0.3) is 5.91 Å². The highest BCUT2D eigenvalue weighted by molar-refractivity contribution is 6.42. The Bertz CT molecular complexity index is 1020. The van der Waals surface area contributed by atoms with Gasteiger partial charge in [-0.05, 0) is 48.9 Å². The molecule has 0 unspecified atom stereocenters. The quantitative estimate of drug-likeness (QED) is 0.595. The molecule has 8 heteroatoms. The van der Waals surface area contributed by atoms with Gasteiger partial charge in [0, 0.05) is 42.8 Å². The zero-order chi connectivity index (χ0) is 23.5. The molecule has 0 spiro atoms. The van der Waals surface area contributed by atoms with E-state index in [9.17, 15) is 9.59 Å². The first kappa shape index (κ1) is 23.8. The SMILES string of the molecule is CC(C)C1CC(C(=O)NCc2ccncc2O[C@H]2CCN(C(=O)c3ccc(Cl)c(Cl)c3)C2)C1. The van der Waals surface area contributed by atoms with Crippen molar-refractivity contribution in [1.82, 2.24) is 15.2 Å². The van der Waals surface area contributed by atoms with Crippen LogP contribution in [0.25, 0.3) is 0 Å². The van der Waals surface area contributed by atoms with Crippen molar-refractivity contribution in [3.05, 3.63) is 57.8 Å². The predicted octanol–water partition coefficient (Wildman–Crippen LogP) is 4.98. The van der Waals surface area contributed by atoms with E-state index in [2.05, 4.69) is 24.1 Å². The third-order valence-electron chi connectivity index (χ3n) is 6.70. The highest BCUT2D eigenvalue weighted by Gasteiger charge is 2.36. The minimum Gasteiger partial charge on any atom is -0.487 e. The predicted molar refractivity (Wildman–Crippen MR) is 129 cm³/mol. The molecule has 4 rings (SSSR count). The third kappa shape index (κ3) is 5.61. The van der Waals surface area contributed by atoms with Crippen LogP contribution in [0.5, 0.6) is 5.75 Å². The molecule has 2 amide bonds. The zero-order valence-electron chi connectivity index (χ0n) is 18.9. The van der Waals surface area contributed by atoms with Gasteiger partial charge in [-0.2, -0.15) is 0 Å². The molecule has 1 saturated heterocycles. The number of pyridine rings is 1. The lowest BCUT2D eigenvalue weighted by atomic mass is 9.69. The van der Waals surface area contributed by atoms with Crippen molar-refractivity contribution < 1.29 is 14.3 Å². The van der Waals surface area contributed by atoms with Crippen molar-refractivity contribution >= 4 is 35.0 Å². The van der Waals surface area contributed by atoms with Crippen LogP contribution in [0.4, 0.5) is 0 Å². The average molecular weight is 490 g/mol. The maximum atomic E-state index is 12.8. The number of aromatic nitrogens is 1. The van der Waals surface area contributed by atoms with Gasteiger partial charge in [0.1, 0.15) is 11.9 Å². The Kier molecular flexibility index (Phi) is 7.45. The lowest BCUT2D eigenvalue weighted by molar-refractivity contribution is -0.129. The third-order valence-corrected chi connectivity index (χ3v) is 7.44. The average Bonchev–Trinajstić information content (AvgIpc) is 3.21. The van der Waals surface area contributed by atoms with E-state index in [1.165, 1.54) is 0 Å². The topological polar surface area (TPSA) is 71.5 Å². The van der Waals surface area contributed by atoms with Gasteiger partial charge in [0.2, 0.25) is 5.91 Å². The molecule has 1 saturated carbocycles. The molecular formula is C25H29Cl2N3O3. The van der Waals surface area contributed by atoms with Crippen LogP contribution in [0, 0.1) is 17.8 Å². The van der Waals surface area contributed by atoms with Crippen molar-refractivity contribution in [3.8, 4) is 5.75 Å². The maximum Gasteiger partial charge on any atom is 0.254 e. The highest BCUT2D eigenvalue weighted by Crippen LogP contribution is 2.38. The van der Waals surface area contributed by atoms with Gasteiger partial charge in [-0.25, -0.2) is 0 Å². The van der Waals surface area contributed by atoms with Gasteiger partial charge >= 0.3 is 0 Å². The van der Waals surface area contributed by atoms with Crippen molar-refractivity contribution in [2.75, 3.05) is 13.1 Å². The summed E-state index contributed by atoms with van der Waals surface area (Å²) in [5.41, 5.74) is 1.39. The van der Waals surface area contributed by atoms with Crippen molar-refractivity contribution in [2.24, 2.45) is 17.8 Å². The van der Waals surface area contributed by atoms with Crippen LogP contribution in [-0.2, 0) is 11.3 Å². The van der Waals surface area contributed by atoms with Crippen LogP contribution in [0.2, 0.25) is 10.0 Å². The molecule has 0 bridgehead atoms. The molecule has 6 nitrogen and oxygen atoms in total. The number of hydrogen-bond donors (Lipinski definition) is 1. The molecular weight excluding hydrogens is 461 g/mol. The summed E-state index contributed by atoms with van der Waals surface area (Å²) in [6, 6.07) is 6.76. The molecule has 176 valence electrons. The van der Waals surface area contributed by atoms with Gasteiger partial charge in [0.15, 0.2) is 0 Å². The van der Waals surface area contributed by atoms with Crippen LogP contribution >= 0.6 is 23.2 Å². The lowest BCUT2D eigenvalue weighted by Gasteiger charge is -2.37.